The number of hydrogen-bond donors (Lipinski definition) is 2. The van der Waals surface area contributed by atoms with Crippen molar-refractivity contribution in [2.45, 2.75) is 38.8 Å². The highest BCUT2D eigenvalue weighted by Gasteiger charge is 2.23. The number of hydrogen-bond acceptors (Lipinski definition) is 3. The molecule has 1 aliphatic heterocycles. The lowest BCUT2D eigenvalue weighted by Crippen LogP contribution is -2.37. The van der Waals surface area contributed by atoms with Gasteiger partial charge in [-0.05, 0) is 37.3 Å². The van der Waals surface area contributed by atoms with E-state index in [2.05, 4.69) is 57.7 Å². The molecule has 0 unspecified atom stereocenters. The Morgan fingerprint density at radius 2 is 2.27 bits per heavy atom. The molecule has 2 N–H and O–H groups in total. The van der Waals surface area contributed by atoms with Crippen molar-refractivity contribution in [2.75, 3.05) is 18.4 Å². The molecule has 22 heavy (non-hydrogen) atoms. The Morgan fingerprint density at radius 3 is 3.23 bits per heavy atom. The molecular weight excluding hydrogens is 272 g/mol. The minimum absolute atomic E-state index is 0.519. The van der Waals surface area contributed by atoms with Crippen molar-refractivity contribution in [1.29, 1.82) is 0 Å². The van der Waals surface area contributed by atoms with E-state index in [1.807, 2.05) is 0 Å². The van der Waals surface area contributed by atoms with Gasteiger partial charge in [0.1, 0.15) is 5.82 Å². The van der Waals surface area contributed by atoms with E-state index in [1.165, 1.54) is 30.4 Å². The standard InChI is InChI=1S/C18H24N4/c1-13-9-18-20-11-14(12-22(18)21-13)10-19-17-8-4-6-15-5-2-3-7-16(15)17/h2-3,5,7,9,14,17,19-20H,4,6,8,10-12H2,1H3/t14-,17-/m1/s1. The van der Waals surface area contributed by atoms with Crippen LogP contribution in [0.15, 0.2) is 30.3 Å². The molecule has 2 aliphatic rings. The Hall–Kier alpha value is -1.81. The first-order valence-electron chi connectivity index (χ1n) is 8.39. The topological polar surface area (TPSA) is 41.9 Å². The Kier molecular flexibility index (Phi) is 3.62. The fourth-order valence-electron chi connectivity index (χ4n) is 3.80. The van der Waals surface area contributed by atoms with Crippen LogP contribution < -0.4 is 10.6 Å². The number of nitrogens with zero attached hydrogens (tertiary/aromatic N) is 2. The second-order valence-electron chi connectivity index (χ2n) is 6.65. The summed E-state index contributed by atoms with van der Waals surface area (Å²) in [5.74, 6) is 1.76. The normalized spacial score (nSPS) is 23.5. The van der Waals surface area contributed by atoms with Gasteiger partial charge in [0.05, 0.1) is 5.69 Å². The van der Waals surface area contributed by atoms with Gasteiger partial charge in [-0.1, -0.05) is 24.3 Å². The van der Waals surface area contributed by atoms with Gasteiger partial charge in [0.2, 0.25) is 0 Å². The van der Waals surface area contributed by atoms with Crippen LogP contribution in [0.2, 0.25) is 0 Å². The van der Waals surface area contributed by atoms with Crippen LogP contribution in [0, 0.1) is 12.8 Å². The molecule has 0 saturated carbocycles. The van der Waals surface area contributed by atoms with E-state index in [0.29, 0.717) is 12.0 Å². The Morgan fingerprint density at radius 1 is 1.36 bits per heavy atom. The first kappa shape index (κ1) is 13.8. The summed E-state index contributed by atoms with van der Waals surface area (Å²) in [7, 11) is 0. The number of rotatable bonds is 3. The van der Waals surface area contributed by atoms with Crippen molar-refractivity contribution < 1.29 is 0 Å². The molecule has 1 aromatic heterocycles. The molecule has 0 amide bonds. The van der Waals surface area contributed by atoms with E-state index in [4.69, 9.17) is 0 Å². The van der Waals surface area contributed by atoms with Crippen LogP contribution in [0.3, 0.4) is 0 Å². The number of fused-ring (bicyclic) bond motifs is 2. The van der Waals surface area contributed by atoms with Crippen LogP contribution in [0.1, 0.15) is 35.7 Å². The maximum Gasteiger partial charge on any atom is 0.124 e. The van der Waals surface area contributed by atoms with Crippen molar-refractivity contribution >= 4 is 5.82 Å². The highest BCUT2D eigenvalue weighted by molar-refractivity contribution is 5.38. The zero-order valence-electron chi connectivity index (χ0n) is 13.2. The molecule has 0 radical (unpaired) electrons. The number of nitrogens with one attached hydrogen (secondary N) is 2. The quantitative estimate of drug-likeness (QED) is 0.915. The van der Waals surface area contributed by atoms with Crippen LogP contribution in [-0.2, 0) is 13.0 Å². The summed E-state index contributed by atoms with van der Waals surface area (Å²) >= 11 is 0. The van der Waals surface area contributed by atoms with E-state index in [9.17, 15) is 0 Å². The van der Waals surface area contributed by atoms with Gasteiger partial charge >= 0.3 is 0 Å². The highest BCUT2D eigenvalue weighted by atomic mass is 15.3. The van der Waals surface area contributed by atoms with Gasteiger partial charge in [0, 0.05) is 37.7 Å². The molecule has 4 nitrogen and oxygen atoms in total. The van der Waals surface area contributed by atoms with Gasteiger partial charge in [0.25, 0.3) is 0 Å². The Bertz CT molecular complexity index is 661. The third-order valence-corrected chi connectivity index (χ3v) is 4.93. The lowest BCUT2D eigenvalue weighted by molar-refractivity contribution is 0.355. The van der Waals surface area contributed by atoms with Crippen LogP contribution >= 0.6 is 0 Å². The minimum atomic E-state index is 0.519. The molecule has 2 atom stereocenters. The zero-order valence-corrected chi connectivity index (χ0v) is 13.2. The van der Waals surface area contributed by atoms with Crippen LogP contribution in [0.5, 0.6) is 0 Å². The van der Waals surface area contributed by atoms with E-state index in [0.717, 1.165) is 31.1 Å². The van der Waals surface area contributed by atoms with Gasteiger partial charge in [-0.25, -0.2) is 4.68 Å². The summed E-state index contributed by atoms with van der Waals surface area (Å²) in [4.78, 5) is 0. The summed E-state index contributed by atoms with van der Waals surface area (Å²) in [5, 5.41) is 11.9. The van der Waals surface area contributed by atoms with Crippen molar-refractivity contribution in [3.63, 3.8) is 0 Å². The monoisotopic (exact) mass is 296 g/mol. The number of aryl methyl sites for hydroxylation is 2. The number of aromatic nitrogens is 2. The summed E-state index contributed by atoms with van der Waals surface area (Å²) in [6.07, 6.45) is 3.78. The third kappa shape index (κ3) is 2.63. The molecule has 0 fully saturated rings. The minimum Gasteiger partial charge on any atom is -0.370 e. The van der Waals surface area contributed by atoms with E-state index in [1.54, 1.807) is 0 Å². The first-order chi connectivity index (χ1) is 10.8. The van der Waals surface area contributed by atoms with Crippen LogP contribution in [0.25, 0.3) is 0 Å². The largest absolute Gasteiger partial charge is 0.370 e. The van der Waals surface area contributed by atoms with Gasteiger partial charge < -0.3 is 10.6 Å². The Labute approximate surface area is 131 Å². The fourth-order valence-corrected chi connectivity index (χ4v) is 3.80. The fraction of sp³-hybridized carbons (Fsp3) is 0.500. The second-order valence-corrected chi connectivity index (χ2v) is 6.65. The van der Waals surface area contributed by atoms with Crippen molar-refractivity contribution in [3.05, 3.63) is 47.2 Å². The van der Waals surface area contributed by atoms with Crippen molar-refractivity contribution in [1.82, 2.24) is 15.1 Å². The summed E-state index contributed by atoms with van der Waals surface area (Å²) in [5.41, 5.74) is 4.13. The molecule has 4 heteroatoms. The molecular formula is C18H24N4. The smallest absolute Gasteiger partial charge is 0.124 e. The molecule has 116 valence electrons. The predicted octanol–water partition coefficient (Wildman–Crippen LogP) is 2.90. The lowest BCUT2D eigenvalue weighted by Gasteiger charge is -2.30. The van der Waals surface area contributed by atoms with E-state index < -0.39 is 0 Å². The predicted molar refractivity (Wildman–Crippen MR) is 89.1 cm³/mol. The van der Waals surface area contributed by atoms with Gasteiger partial charge in [0.15, 0.2) is 0 Å². The summed E-state index contributed by atoms with van der Waals surface area (Å²) in [6.45, 7) is 5.15. The van der Waals surface area contributed by atoms with Crippen LogP contribution in [0.4, 0.5) is 5.82 Å². The highest BCUT2D eigenvalue weighted by Crippen LogP contribution is 2.29. The molecule has 2 aromatic rings. The number of anilines is 1. The summed E-state index contributed by atoms with van der Waals surface area (Å²) in [6, 6.07) is 11.5. The molecule has 1 aromatic carbocycles. The van der Waals surface area contributed by atoms with Crippen molar-refractivity contribution in [3.8, 4) is 0 Å². The van der Waals surface area contributed by atoms with Gasteiger partial charge in [-0.3, -0.25) is 0 Å². The molecule has 1 aliphatic carbocycles. The van der Waals surface area contributed by atoms with E-state index in [-0.39, 0.29) is 0 Å². The molecule has 0 bridgehead atoms. The second kappa shape index (κ2) is 5.76. The van der Waals surface area contributed by atoms with E-state index >= 15 is 0 Å². The SMILES string of the molecule is Cc1cc2n(n1)C[C@H](CN[C@@H]1CCCc3ccccc31)CN2. The Balaban J connectivity index is 1.40. The number of benzene rings is 1. The van der Waals surface area contributed by atoms with Gasteiger partial charge in [-0.2, -0.15) is 5.10 Å². The maximum absolute atomic E-state index is 4.56. The summed E-state index contributed by atoms with van der Waals surface area (Å²) < 4.78 is 2.11. The third-order valence-electron chi connectivity index (χ3n) is 4.93. The average molecular weight is 296 g/mol. The van der Waals surface area contributed by atoms with Crippen LogP contribution in [-0.4, -0.2) is 22.9 Å². The maximum atomic E-state index is 4.56. The average Bonchev–Trinajstić information content (AvgIpc) is 2.92. The zero-order chi connectivity index (χ0) is 14.9. The molecule has 4 rings (SSSR count). The lowest BCUT2D eigenvalue weighted by atomic mass is 9.87. The van der Waals surface area contributed by atoms with Gasteiger partial charge in [-0.15, -0.1) is 0 Å². The van der Waals surface area contributed by atoms with Crippen molar-refractivity contribution in [2.24, 2.45) is 5.92 Å². The molecule has 0 spiro atoms. The first-order valence-corrected chi connectivity index (χ1v) is 8.39. The molecule has 0 saturated heterocycles. The molecule has 2 heterocycles.